The molecule has 1 aliphatic heterocycles. The van der Waals surface area contributed by atoms with E-state index in [1.165, 1.54) is 24.1 Å². The summed E-state index contributed by atoms with van der Waals surface area (Å²) in [4.78, 5) is 20.8. The number of benzene rings is 2. The second-order valence-corrected chi connectivity index (χ2v) is 13.6. The van der Waals surface area contributed by atoms with Gasteiger partial charge in [-0.15, -0.1) is 0 Å². The number of ether oxygens (including phenoxy) is 1. The largest absolute Gasteiger partial charge is 0.493 e. The topological polar surface area (TPSA) is 36.0 Å². The number of halogens is 1. The fraction of sp³-hybridized carbons (Fsp3) is 0.595. The summed E-state index contributed by atoms with van der Waals surface area (Å²) < 4.78 is 7.47. The molecule has 2 atom stereocenters. The number of anilines is 2. The molecule has 0 spiro atoms. The average Bonchev–Trinajstić information content (AvgIpc) is 2.99. The van der Waals surface area contributed by atoms with Gasteiger partial charge in [0.1, 0.15) is 5.75 Å². The zero-order valence-electron chi connectivity index (χ0n) is 28.1. The van der Waals surface area contributed by atoms with Gasteiger partial charge in [-0.05, 0) is 130 Å². The first kappa shape index (κ1) is 35.3. The van der Waals surface area contributed by atoms with Crippen molar-refractivity contribution in [1.29, 1.82) is 0 Å². The lowest BCUT2D eigenvalue weighted by molar-refractivity contribution is 0.0927. The maximum absolute atomic E-state index is 13.8. The molecule has 1 saturated heterocycles. The van der Waals surface area contributed by atoms with E-state index in [1.54, 1.807) is 0 Å². The van der Waals surface area contributed by atoms with Crippen molar-refractivity contribution in [3.63, 3.8) is 0 Å². The average molecular weight is 655 g/mol. The molecule has 0 saturated carbocycles. The SMILES string of the molecule is C=C(C(C)CC)N(c1cc(OCCCN(C)C)c(C2CCN(CCC)CC2)cc1C)c1cccc(Br)c1C(=O)C(C)CC. The summed E-state index contributed by atoms with van der Waals surface area (Å²) in [6, 6.07) is 10.7. The van der Waals surface area contributed by atoms with E-state index in [0.717, 1.165) is 84.6 Å². The predicted molar refractivity (Wildman–Crippen MR) is 187 cm³/mol. The number of aryl methyl sites for hydroxylation is 1. The molecule has 6 heteroatoms. The summed E-state index contributed by atoms with van der Waals surface area (Å²) in [5.74, 6) is 1.76. The lowest BCUT2D eigenvalue weighted by Crippen LogP contribution is -2.33. The van der Waals surface area contributed by atoms with E-state index in [4.69, 9.17) is 4.74 Å². The van der Waals surface area contributed by atoms with E-state index in [1.807, 2.05) is 19.1 Å². The lowest BCUT2D eigenvalue weighted by Gasteiger charge is -2.36. The van der Waals surface area contributed by atoms with Crippen LogP contribution in [0, 0.1) is 18.8 Å². The Morgan fingerprint density at radius 2 is 1.74 bits per heavy atom. The minimum absolute atomic E-state index is 0.0752. The van der Waals surface area contributed by atoms with Crippen LogP contribution in [0.4, 0.5) is 11.4 Å². The summed E-state index contributed by atoms with van der Waals surface area (Å²) in [6.45, 7) is 22.7. The highest BCUT2D eigenvalue weighted by atomic mass is 79.9. The van der Waals surface area contributed by atoms with Gasteiger partial charge in [0.05, 0.1) is 23.5 Å². The third-order valence-corrected chi connectivity index (χ3v) is 9.81. The first-order valence-electron chi connectivity index (χ1n) is 16.5. The fourth-order valence-corrected chi connectivity index (χ4v) is 6.55. The van der Waals surface area contributed by atoms with Crippen molar-refractivity contribution in [1.82, 2.24) is 9.80 Å². The Bertz CT molecular complexity index is 1220. The third-order valence-electron chi connectivity index (χ3n) is 9.15. The van der Waals surface area contributed by atoms with Crippen molar-refractivity contribution in [3.8, 4) is 5.75 Å². The molecule has 2 unspecified atom stereocenters. The van der Waals surface area contributed by atoms with Crippen LogP contribution >= 0.6 is 15.9 Å². The van der Waals surface area contributed by atoms with Crippen LogP contribution in [0.3, 0.4) is 0 Å². The van der Waals surface area contributed by atoms with Crippen LogP contribution in [0.2, 0.25) is 0 Å². The van der Waals surface area contributed by atoms with Gasteiger partial charge in [0, 0.05) is 28.7 Å². The third kappa shape index (κ3) is 8.95. The van der Waals surface area contributed by atoms with Gasteiger partial charge in [-0.3, -0.25) is 4.79 Å². The first-order chi connectivity index (χ1) is 20.5. The summed E-state index contributed by atoms with van der Waals surface area (Å²) in [7, 11) is 4.21. The number of hydrogen-bond donors (Lipinski definition) is 0. The molecule has 3 rings (SSSR count). The molecule has 2 aromatic carbocycles. The van der Waals surface area contributed by atoms with E-state index in [2.05, 4.69) is 104 Å². The molecule has 0 amide bonds. The van der Waals surface area contributed by atoms with Crippen molar-refractivity contribution >= 4 is 33.1 Å². The van der Waals surface area contributed by atoms with Gasteiger partial charge in [-0.25, -0.2) is 0 Å². The van der Waals surface area contributed by atoms with Gasteiger partial charge >= 0.3 is 0 Å². The fourth-order valence-electron chi connectivity index (χ4n) is 6.00. The Labute approximate surface area is 270 Å². The molecule has 1 aliphatic rings. The molecular weight excluding hydrogens is 598 g/mol. The summed E-state index contributed by atoms with van der Waals surface area (Å²) in [5.41, 5.74) is 6.13. The number of carbonyl (C=O) groups excluding carboxylic acids is 1. The number of carbonyl (C=O) groups is 1. The highest BCUT2D eigenvalue weighted by molar-refractivity contribution is 9.10. The Hall–Kier alpha value is -2.15. The van der Waals surface area contributed by atoms with Crippen LogP contribution < -0.4 is 9.64 Å². The Balaban J connectivity index is 2.16. The normalized spacial score (nSPS) is 15.9. The number of ketones is 1. The lowest BCUT2D eigenvalue weighted by atomic mass is 9.87. The van der Waals surface area contributed by atoms with E-state index in [9.17, 15) is 4.79 Å². The zero-order valence-corrected chi connectivity index (χ0v) is 29.7. The van der Waals surface area contributed by atoms with E-state index >= 15 is 0 Å². The van der Waals surface area contributed by atoms with Gasteiger partial charge < -0.3 is 19.4 Å². The van der Waals surface area contributed by atoms with Crippen LogP contribution in [0.25, 0.3) is 0 Å². The molecule has 0 aliphatic carbocycles. The minimum atomic E-state index is -0.0752. The van der Waals surface area contributed by atoms with Gasteiger partial charge in [0.2, 0.25) is 0 Å². The molecule has 238 valence electrons. The van der Waals surface area contributed by atoms with Gasteiger partial charge in [-0.1, -0.05) is 53.3 Å². The van der Waals surface area contributed by atoms with Crippen LogP contribution in [0.15, 0.2) is 47.1 Å². The number of piperidine rings is 1. The van der Waals surface area contributed by atoms with Gasteiger partial charge in [0.25, 0.3) is 0 Å². The smallest absolute Gasteiger partial charge is 0.168 e. The molecule has 0 radical (unpaired) electrons. The molecular formula is C37H56BrN3O2. The number of likely N-dealkylation sites (tertiary alicyclic amines) is 1. The number of rotatable bonds is 16. The maximum Gasteiger partial charge on any atom is 0.168 e. The maximum atomic E-state index is 13.8. The highest BCUT2D eigenvalue weighted by Crippen LogP contribution is 2.44. The minimum Gasteiger partial charge on any atom is -0.493 e. The van der Waals surface area contributed by atoms with E-state index < -0.39 is 0 Å². The molecule has 0 bridgehead atoms. The summed E-state index contributed by atoms with van der Waals surface area (Å²) >= 11 is 3.75. The van der Waals surface area contributed by atoms with Gasteiger partial charge in [-0.2, -0.15) is 0 Å². The molecule has 43 heavy (non-hydrogen) atoms. The second-order valence-electron chi connectivity index (χ2n) is 12.7. The number of Topliss-reactive ketones (excluding diaryl/α,β-unsaturated/α-hetero) is 1. The Morgan fingerprint density at radius 3 is 2.35 bits per heavy atom. The Kier molecular flexibility index (Phi) is 13.8. The van der Waals surface area contributed by atoms with E-state index in [0.29, 0.717) is 12.5 Å². The van der Waals surface area contributed by atoms with Crippen LogP contribution in [-0.4, -0.2) is 62.5 Å². The quantitative estimate of drug-likeness (QED) is 0.133. The zero-order chi connectivity index (χ0) is 31.7. The molecule has 0 aromatic heterocycles. The number of hydrogen-bond acceptors (Lipinski definition) is 5. The molecule has 0 N–H and O–H groups in total. The van der Waals surface area contributed by atoms with Crippen LogP contribution in [-0.2, 0) is 0 Å². The number of nitrogens with zero attached hydrogens (tertiary/aromatic N) is 3. The van der Waals surface area contributed by atoms with Crippen molar-refractivity contribution in [3.05, 3.63) is 63.8 Å². The first-order valence-corrected chi connectivity index (χ1v) is 17.3. The van der Waals surface area contributed by atoms with Crippen molar-refractivity contribution < 1.29 is 9.53 Å². The predicted octanol–water partition coefficient (Wildman–Crippen LogP) is 9.60. The standard InChI is InChI=1S/C37H56BrN3O2/c1-10-19-40-21-17-30(18-22-40)31-24-28(6)34(25-35(31)43-23-14-20-39(8)9)41(29(7)26(4)11-2)33-16-13-15-32(38)36(33)37(42)27(5)12-3/h13,15-16,24-27,30H,7,10-12,14,17-23H2,1-6,8-9H3. The molecule has 2 aromatic rings. The number of allylic oxidation sites excluding steroid dienone is 1. The second kappa shape index (κ2) is 16.8. The van der Waals surface area contributed by atoms with Crippen LogP contribution in [0.1, 0.15) is 101 Å². The van der Waals surface area contributed by atoms with Crippen molar-refractivity contribution in [2.24, 2.45) is 11.8 Å². The monoisotopic (exact) mass is 653 g/mol. The Morgan fingerprint density at radius 1 is 1.07 bits per heavy atom. The molecule has 1 fully saturated rings. The van der Waals surface area contributed by atoms with Crippen molar-refractivity contribution in [2.75, 3.05) is 51.8 Å². The highest BCUT2D eigenvalue weighted by Gasteiger charge is 2.29. The van der Waals surface area contributed by atoms with Crippen LogP contribution in [0.5, 0.6) is 5.75 Å². The summed E-state index contributed by atoms with van der Waals surface area (Å²) in [6.07, 6.45) is 6.21. The molecule has 5 nitrogen and oxygen atoms in total. The summed E-state index contributed by atoms with van der Waals surface area (Å²) in [5, 5.41) is 0. The van der Waals surface area contributed by atoms with Gasteiger partial charge in [0.15, 0.2) is 5.78 Å². The van der Waals surface area contributed by atoms with Crippen molar-refractivity contribution in [2.45, 2.75) is 86.0 Å². The van der Waals surface area contributed by atoms with E-state index in [-0.39, 0.29) is 17.6 Å². The molecule has 1 heterocycles.